The molecule has 0 spiro atoms. The van der Waals surface area contributed by atoms with Crippen molar-refractivity contribution >= 4 is 137 Å². The van der Waals surface area contributed by atoms with E-state index >= 15 is 0 Å². The van der Waals surface area contributed by atoms with Crippen molar-refractivity contribution in [2.45, 2.75) is 127 Å². The zero-order valence-corrected chi connectivity index (χ0v) is 76.1. The summed E-state index contributed by atoms with van der Waals surface area (Å²) < 4.78 is 10.9. The Labute approximate surface area is 771 Å². The highest BCUT2D eigenvalue weighted by atomic mass is 15.1. The summed E-state index contributed by atoms with van der Waals surface area (Å²) in [5, 5.41) is 14.1. The van der Waals surface area contributed by atoms with Gasteiger partial charge in [0.05, 0.1) is 84.7 Å². The van der Waals surface area contributed by atoms with Gasteiger partial charge in [-0.2, -0.15) is 0 Å². The summed E-state index contributed by atoms with van der Waals surface area (Å²) in [6, 6.07) is 76.7. The average Bonchev–Trinajstić information content (AvgIpc) is 1.64. The predicted octanol–water partition coefficient (Wildman–Crippen LogP) is 22.0. The normalized spacial score (nSPS) is 11.6. The second kappa shape index (κ2) is 36.4. The van der Waals surface area contributed by atoms with Crippen LogP contribution in [0.5, 0.6) is 0 Å². The van der Waals surface area contributed by atoms with Crippen LogP contribution in [-0.4, -0.2) is 112 Å². The van der Waals surface area contributed by atoms with Crippen molar-refractivity contribution < 1.29 is 0 Å². The smallest absolute Gasteiger partial charge is 0.145 e. The lowest BCUT2D eigenvalue weighted by atomic mass is 10.1. The molecule has 134 heavy (non-hydrogen) atoms. The summed E-state index contributed by atoms with van der Waals surface area (Å²) in [6.07, 6.45) is 29.5. The number of pyridine rings is 12. The number of fused-ring (bicyclic) bond motifs is 20. The zero-order valence-electron chi connectivity index (χ0n) is 76.1. The van der Waals surface area contributed by atoms with E-state index in [2.05, 4.69) is 307 Å². The third kappa shape index (κ3) is 16.9. The van der Waals surface area contributed by atoms with Crippen molar-refractivity contribution in [2.24, 2.45) is 0 Å². The van der Waals surface area contributed by atoms with Gasteiger partial charge in [0.15, 0.2) is 0 Å². The van der Waals surface area contributed by atoms with Crippen LogP contribution in [0.1, 0.15) is 109 Å². The maximum absolute atomic E-state index is 4.95. The van der Waals surface area contributed by atoms with Crippen LogP contribution in [-0.2, 0) is 64.2 Å². The summed E-state index contributed by atoms with van der Waals surface area (Å²) in [4.78, 5) is 83.8. The van der Waals surface area contributed by atoms with Crippen LogP contribution in [0.4, 0.5) is 0 Å². The zero-order chi connectivity index (χ0) is 91.0. The number of hydrogen-bond acceptors (Lipinski definition) is 18. The Bertz CT molecular complexity index is 8340. The Morgan fingerprint density at radius 3 is 1.00 bits per heavy atom. The molecular formula is C111H95N23. The third-order valence-corrected chi connectivity index (χ3v) is 25.7. The average molecular weight is 1750 g/mol. The molecule has 0 saturated carbocycles. The lowest BCUT2D eigenvalue weighted by Gasteiger charge is -2.05. The van der Waals surface area contributed by atoms with Gasteiger partial charge in [0.1, 0.15) is 51.2 Å². The van der Waals surface area contributed by atoms with E-state index < -0.39 is 0 Å². The van der Waals surface area contributed by atoms with E-state index in [9.17, 15) is 0 Å². The molecule has 25 rings (SSSR count). The van der Waals surface area contributed by atoms with Gasteiger partial charge in [-0.15, -0.1) is 0 Å². The topological polar surface area (TPSA) is 254 Å². The molecule has 23 heteroatoms. The number of nitrogens with zero attached hydrogens (tertiary/aromatic N) is 23. The number of hydrogen-bond donors (Lipinski definition) is 0. The lowest BCUT2D eigenvalue weighted by Crippen LogP contribution is -2.02. The monoisotopic (exact) mass is 1750 g/mol. The molecule has 0 fully saturated rings. The fraction of sp³-hybridized carbons (Fsp3) is 0.171. The molecule has 0 N–H and O–H groups in total. The van der Waals surface area contributed by atoms with Gasteiger partial charge in [0.2, 0.25) is 0 Å². The molecule has 20 aromatic heterocycles. The van der Waals surface area contributed by atoms with Gasteiger partial charge < -0.3 is 22.0 Å². The van der Waals surface area contributed by atoms with E-state index in [1.54, 1.807) is 31.0 Å². The van der Waals surface area contributed by atoms with E-state index in [1.807, 2.05) is 88.5 Å². The quantitative estimate of drug-likeness (QED) is 0.0924. The van der Waals surface area contributed by atoms with Gasteiger partial charge in [-0.05, 0) is 237 Å². The van der Waals surface area contributed by atoms with Crippen molar-refractivity contribution in [2.75, 3.05) is 0 Å². The number of aryl methyl sites for hydroxylation is 19. The third-order valence-electron chi connectivity index (χ3n) is 25.7. The molecule has 23 nitrogen and oxygen atoms in total. The Morgan fingerprint density at radius 2 is 0.552 bits per heavy atom. The fourth-order valence-electron chi connectivity index (χ4n) is 18.4. The summed E-state index contributed by atoms with van der Waals surface area (Å²) >= 11 is 0. The van der Waals surface area contributed by atoms with Gasteiger partial charge in [0, 0.05) is 170 Å². The molecule has 5 aromatic carbocycles. The minimum Gasteiger partial charge on any atom is -0.304 e. The van der Waals surface area contributed by atoms with Gasteiger partial charge in [-0.3, -0.25) is 34.9 Å². The maximum Gasteiger partial charge on any atom is 0.145 e. The molecular weight excluding hydrogens is 1660 g/mol. The molecule has 0 aliphatic carbocycles. The fourth-order valence-corrected chi connectivity index (χ4v) is 18.4. The van der Waals surface area contributed by atoms with Crippen LogP contribution in [0.15, 0.2) is 293 Å². The van der Waals surface area contributed by atoms with Crippen molar-refractivity contribution in [3.63, 3.8) is 0 Å². The van der Waals surface area contributed by atoms with Gasteiger partial charge in [-0.1, -0.05) is 121 Å². The van der Waals surface area contributed by atoms with E-state index in [0.29, 0.717) is 0 Å². The minimum absolute atomic E-state index is 0.758. The molecule has 20 heterocycles. The molecule has 0 aliphatic heterocycles. The molecule has 0 aliphatic rings. The van der Waals surface area contributed by atoms with Gasteiger partial charge >= 0.3 is 0 Å². The maximum atomic E-state index is 4.95. The van der Waals surface area contributed by atoms with E-state index in [4.69, 9.17) is 39.9 Å². The first kappa shape index (κ1) is 84.3. The van der Waals surface area contributed by atoms with Crippen molar-refractivity contribution in [3.8, 4) is 0 Å². The number of aromatic nitrogens is 23. The highest BCUT2D eigenvalue weighted by Gasteiger charge is 2.20. The Balaban J connectivity index is 0.000000101. The molecule has 0 saturated heterocycles. The van der Waals surface area contributed by atoms with Crippen LogP contribution in [0.3, 0.4) is 0 Å². The van der Waals surface area contributed by atoms with Crippen LogP contribution < -0.4 is 0 Å². The Morgan fingerprint density at radius 1 is 0.209 bits per heavy atom. The first-order valence-corrected chi connectivity index (χ1v) is 45.5. The van der Waals surface area contributed by atoms with Crippen LogP contribution in [0, 0.1) is 62.3 Å². The number of imidazole rings is 5. The van der Waals surface area contributed by atoms with Crippen LogP contribution in [0.25, 0.3) is 137 Å². The predicted molar refractivity (Wildman–Crippen MR) is 534 cm³/mol. The van der Waals surface area contributed by atoms with Crippen molar-refractivity contribution in [1.82, 2.24) is 112 Å². The molecule has 0 bridgehead atoms. The second-order valence-corrected chi connectivity index (χ2v) is 34.2. The van der Waals surface area contributed by atoms with Crippen LogP contribution >= 0.6 is 0 Å². The highest BCUT2D eigenvalue weighted by molar-refractivity contribution is 5.98. The molecule has 0 radical (unpaired) electrons. The van der Waals surface area contributed by atoms with Gasteiger partial charge in [0.25, 0.3) is 0 Å². The second-order valence-electron chi connectivity index (χ2n) is 34.2. The Hall–Kier alpha value is -16.6. The van der Waals surface area contributed by atoms with E-state index in [0.717, 1.165) is 227 Å². The van der Waals surface area contributed by atoms with Crippen molar-refractivity contribution in [3.05, 3.63) is 401 Å². The minimum atomic E-state index is 0.758. The highest BCUT2D eigenvalue weighted by Crippen LogP contribution is 2.31. The van der Waals surface area contributed by atoms with E-state index in [-0.39, 0.29) is 0 Å². The lowest BCUT2D eigenvalue weighted by molar-refractivity contribution is 0.835. The molecule has 654 valence electrons. The summed E-state index contributed by atoms with van der Waals surface area (Å²) in [5.41, 5.74) is 30.1. The van der Waals surface area contributed by atoms with Gasteiger partial charge in [-0.25, -0.2) is 54.8 Å². The standard InChI is InChI=1S/C23H20N4.3C22H19N5.C22H18N4/c1-15-7-10-22-21(24-15)12-9-18(25-22)8-11-20-16(2)27-14-13-17-5-3-4-6-19(17)23(27)26-20;1-14-21-19(8-5-12-23-21)25-20(24-14)10-9-18-15(2)27-13-11-16-6-3-4-7-17(16)22(27)26-18;1-14-17-9-11-23-13-20(17)25-21(24-14)8-7-19-15(2)27-12-10-16-5-3-4-6-18(16)22(27)26-19;1-14-18-13-23-11-9-20(18)25-21(24-14)8-7-19-15(2)27-12-10-16-5-3-4-6-17(16)22(27)26-19;1-15-19(10-8-17-9-11-20-21(24-17)7-4-13-23-20)25-22-18-6-3-2-5-16(18)12-14-26(15)22/h3-7,9-10,12-14H,8,11H2,1-2H3;3-8,11-13H,9-10H2,1-2H3;2*3-6,9-13H,7-8H2,1-2H3;2-7,9,11-14H,8,10H2,1H3. The molecule has 25 aromatic rings. The molecule has 0 atom stereocenters. The summed E-state index contributed by atoms with van der Waals surface area (Å²) in [5.74, 6) is 2.54. The first-order valence-electron chi connectivity index (χ1n) is 45.5. The number of rotatable bonds is 15. The number of benzene rings is 5. The van der Waals surface area contributed by atoms with Crippen molar-refractivity contribution in [1.29, 1.82) is 0 Å². The first-order chi connectivity index (χ1) is 65.6. The van der Waals surface area contributed by atoms with E-state index in [1.165, 1.54) is 82.3 Å². The summed E-state index contributed by atoms with van der Waals surface area (Å²) in [7, 11) is 0. The molecule has 0 amide bonds. The largest absolute Gasteiger partial charge is 0.304 e. The summed E-state index contributed by atoms with van der Waals surface area (Å²) in [6.45, 7) is 18.7. The van der Waals surface area contributed by atoms with Crippen LogP contribution in [0.2, 0.25) is 0 Å². The SMILES string of the molecule is Cc1c(CCc2ccc3ncccc3n2)nc2c3ccccc3ccn12.Cc1ccc2nc(CCc3nc4c5ccccc5ccn4c3C)ccc2n1.Cc1nc(CCc2nc3c4ccccc4ccn3c2C)nc2cccnc12.Cc1nc(CCc2nc3c4ccccc4ccn3c2C)nc2ccncc12.Cc1nc(CCc2nc3c4ccccc4ccn3c2C)nc2cnccc12. The molecule has 0 unspecified atom stereocenters. The Kier molecular flexibility index (Phi) is 22.9.